The summed E-state index contributed by atoms with van der Waals surface area (Å²) in [5, 5.41) is 17.1. The number of aromatic hydroxyl groups is 1. The molecule has 1 fully saturated rings. The minimum atomic E-state index is -4.22. The summed E-state index contributed by atoms with van der Waals surface area (Å²) in [5.41, 5.74) is 0.355. The van der Waals surface area contributed by atoms with Crippen molar-refractivity contribution in [2.75, 3.05) is 19.1 Å². The van der Waals surface area contributed by atoms with Gasteiger partial charge in [-0.15, -0.1) is 0 Å². The molecule has 2 aromatic carbocycles. The molecular formula is C35H48N4O8S2. The Labute approximate surface area is 289 Å². The number of carbonyl (C=O) groups excluding carboxylic acids is 2. The predicted molar refractivity (Wildman–Crippen MR) is 188 cm³/mol. The number of phenols is 1. The number of nitrogens with zero attached hydrogens (tertiary/aromatic N) is 1. The standard InChI is InChI=1S/C35H48N4O8S2/c1-35(2,3)38-33(41)28-18-17-27(47-4)21-24(28)15-16-26(20-25-10-6-7-13-30(25)40)37-34(42)29(39-48(5,43)44)22-49(45,46)31-14-8-11-23-12-9-19-36-32(23)31/h6-14,19,24,26-29,39-40H,15-18,20-22H2,1-5H3,(H,37,42)(H,38,41). The molecule has 1 aliphatic rings. The quantitative estimate of drug-likeness (QED) is 0.194. The highest BCUT2D eigenvalue weighted by Crippen LogP contribution is 2.36. The Bertz CT molecular complexity index is 1840. The van der Waals surface area contributed by atoms with Crippen molar-refractivity contribution in [2.45, 2.75) is 87.9 Å². The van der Waals surface area contributed by atoms with Gasteiger partial charge in [0.2, 0.25) is 21.8 Å². The van der Waals surface area contributed by atoms with E-state index < -0.39 is 49.1 Å². The number of ether oxygens (including phenoxy) is 1. The first-order chi connectivity index (χ1) is 23.0. The molecule has 0 spiro atoms. The molecule has 1 aromatic heterocycles. The molecule has 4 rings (SSSR count). The van der Waals surface area contributed by atoms with Gasteiger partial charge in [-0.25, -0.2) is 21.6 Å². The monoisotopic (exact) mass is 716 g/mol. The SMILES string of the molecule is COC1CCC(C(=O)NC(C)(C)C)C(CCC(Cc2ccccc2O)NC(=O)C(CS(=O)(=O)c2cccc3cccnc23)NS(C)(=O)=O)C1. The fourth-order valence-electron chi connectivity index (χ4n) is 6.51. The zero-order valence-electron chi connectivity index (χ0n) is 28.7. The number of para-hydroxylation sites is 2. The number of pyridine rings is 1. The average Bonchev–Trinajstić information content (AvgIpc) is 3.02. The number of sulfonamides is 1. The second-order valence-electron chi connectivity index (χ2n) is 13.9. The minimum absolute atomic E-state index is 0.0213. The minimum Gasteiger partial charge on any atom is -0.508 e. The molecule has 1 heterocycles. The lowest BCUT2D eigenvalue weighted by Crippen LogP contribution is -2.53. The van der Waals surface area contributed by atoms with E-state index in [1.165, 1.54) is 18.3 Å². The molecule has 1 aliphatic carbocycles. The number of rotatable bonds is 14. The van der Waals surface area contributed by atoms with Crippen LogP contribution in [0.3, 0.4) is 0 Å². The maximum atomic E-state index is 13.9. The van der Waals surface area contributed by atoms with Gasteiger partial charge >= 0.3 is 0 Å². The Morgan fingerprint density at radius 1 is 1.02 bits per heavy atom. The van der Waals surface area contributed by atoms with Gasteiger partial charge in [-0.2, -0.15) is 0 Å². The number of hydrogen-bond donors (Lipinski definition) is 4. The van der Waals surface area contributed by atoms with Gasteiger partial charge in [-0.3, -0.25) is 14.6 Å². The lowest BCUT2D eigenvalue weighted by Gasteiger charge is -2.37. The Kier molecular flexibility index (Phi) is 12.4. The zero-order valence-corrected chi connectivity index (χ0v) is 30.3. The maximum Gasteiger partial charge on any atom is 0.239 e. The van der Waals surface area contributed by atoms with Crippen LogP contribution in [0.1, 0.15) is 58.4 Å². The molecule has 268 valence electrons. The fraction of sp³-hybridized carbons (Fsp3) is 0.514. The molecule has 1 saturated carbocycles. The predicted octanol–water partition coefficient (Wildman–Crippen LogP) is 3.49. The lowest BCUT2D eigenvalue weighted by molar-refractivity contribution is -0.131. The van der Waals surface area contributed by atoms with Gasteiger partial charge in [0.05, 0.1) is 28.5 Å². The molecule has 2 amide bonds. The van der Waals surface area contributed by atoms with Crippen LogP contribution >= 0.6 is 0 Å². The maximum absolute atomic E-state index is 13.9. The van der Waals surface area contributed by atoms with Gasteiger partial charge in [0.1, 0.15) is 11.8 Å². The van der Waals surface area contributed by atoms with E-state index in [9.17, 15) is 31.5 Å². The number of carbonyl (C=O) groups is 2. The molecule has 0 radical (unpaired) electrons. The molecule has 0 aliphatic heterocycles. The van der Waals surface area contributed by atoms with Crippen molar-refractivity contribution in [2.24, 2.45) is 11.8 Å². The second-order valence-corrected chi connectivity index (χ2v) is 17.7. The Hall–Kier alpha value is -3.59. The van der Waals surface area contributed by atoms with Crippen molar-refractivity contribution in [1.82, 2.24) is 20.3 Å². The van der Waals surface area contributed by atoms with Gasteiger partial charge < -0.3 is 20.5 Å². The van der Waals surface area contributed by atoms with Crippen LogP contribution in [-0.2, 0) is 40.6 Å². The Morgan fingerprint density at radius 2 is 1.73 bits per heavy atom. The van der Waals surface area contributed by atoms with Gasteiger partial charge in [0, 0.05) is 36.2 Å². The molecule has 3 aromatic rings. The molecule has 5 atom stereocenters. The summed E-state index contributed by atoms with van der Waals surface area (Å²) in [4.78, 5) is 31.3. The van der Waals surface area contributed by atoms with E-state index in [4.69, 9.17) is 4.74 Å². The first kappa shape index (κ1) is 38.2. The summed E-state index contributed by atoms with van der Waals surface area (Å²) in [5.74, 6) is -2.04. The number of benzene rings is 2. The van der Waals surface area contributed by atoms with Gasteiger partial charge in [-0.05, 0) is 89.0 Å². The number of aromatic nitrogens is 1. The van der Waals surface area contributed by atoms with Gasteiger partial charge in [0.25, 0.3) is 0 Å². The molecule has 0 saturated heterocycles. The van der Waals surface area contributed by atoms with Crippen LogP contribution in [0.2, 0.25) is 0 Å². The Balaban J connectivity index is 1.61. The molecule has 4 N–H and O–H groups in total. The lowest BCUT2D eigenvalue weighted by atomic mass is 9.74. The average molecular weight is 717 g/mol. The second kappa shape index (κ2) is 16.0. The van der Waals surface area contributed by atoms with E-state index in [0.717, 1.165) is 12.7 Å². The largest absolute Gasteiger partial charge is 0.508 e. The highest BCUT2D eigenvalue weighted by Gasteiger charge is 2.37. The van der Waals surface area contributed by atoms with E-state index in [-0.39, 0.29) is 46.4 Å². The highest BCUT2D eigenvalue weighted by molar-refractivity contribution is 7.92. The third-order valence-corrected chi connectivity index (χ3v) is 11.3. The number of methoxy groups -OCH3 is 1. The number of sulfone groups is 1. The number of amides is 2. The van der Waals surface area contributed by atoms with Crippen molar-refractivity contribution in [1.29, 1.82) is 0 Å². The summed E-state index contributed by atoms with van der Waals surface area (Å²) in [6.07, 6.45) is 5.40. The van der Waals surface area contributed by atoms with Gasteiger partial charge in [0.15, 0.2) is 9.84 Å². The van der Waals surface area contributed by atoms with Crippen LogP contribution < -0.4 is 15.4 Å². The molecule has 5 unspecified atom stereocenters. The van der Waals surface area contributed by atoms with E-state index in [0.29, 0.717) is 36.6 Å². The van der Waals surface area contributed by atoms with Crippen LogP contribution in [0.5, 0.6) is 5.75 Å². The summed E-state index contributed by atoms with van der Waals surface area (Å²) in [6.45, 7) is 5.78. The number of nitrogens with one attached hydrogen (secondary N) is 3. The third-order valence-electron chi connectivity index (χ3n) is 8.78. The van der Waals surface area contributed by atoms with E-state index >= 15 is 0 Å². The van der Waals surface area contributed by atoms with Gasteiger partial charge in [-0.1, -0.05) is 36.4 Å². The summed E-state index contributed by atoms with van der Waals surface area (Å²) in [6, 6.07) is 12.4. The van der Waals surface area contributed by atoms with Crippen molar-refractivity contribution in [3.8, 4) is 5.75 Å². The zero-order chi connectivity index (χ0) is 36.0. The van der Waals surface area contributed by atoms with Crippen LogP contribution in [0.15, 0.2) is 65.7 Å². The van der Waals surface area contributed by atoms with E-state index in [1.807, 2.05) is 20.8 Å². The molecule has 12 nitrogen and oxygen atoms in total. The topological polar surface area (TPSA) is 181 Å². The first-order valence-corrected chi connectivity index (χ1v) is 20.0. The molecule has 14 heteroatoms. The number of hydrogen-bond acceptors (Lipinski definition) is 9. The number of fused-ring (bicyclic) bond motifs is 1. The fourth-order valence-corrected chi connectivity index (χ4v) is 8.93. The summed E-state index contributed by atoms with van der Waals surface area (Å²) < 4.78 is 60.1. The molecule has 49 heavy (non-hydrogen) atoms. The highest BCUT2D eigenvalue weighted by atomic mass is 32.2. The smallest absolute Gasteiger partial charge is 0.239 e. The van der Waals surface area contributed by atoms with Crippen LogP contribution in [0, 0.1) is 11.8 Å². The van der Waals surface area contributed by atoms with Crippen LogP contribution in [-0.4, -0.2) is 81.6 Å². The van der Waals surface area contributed by atoms with Crippen LogP contribution in [0.4, 0.5) is 0 Å². The third kappa shape index (κ3) is 10.9. The summed E-state index contributed by atoms with van der Waals surface area (Å²) in [7, 11) is -6.60. The van der Waals surface area contributed by atoms with Crippen molar-refractivity contribution < 1.29 is 36.3 Å². The van der Waals surface area contributed by atoms with E-state index in [2.05, 4.69) is 20.3 Å². The summed E-state index contributed by atoms with van der Waals surface area (Å²) >= 11 is 0. The number of phenolic OH excluding ortho intramolecular Hbond substituents is 1. The van der Waals surface area contributed by atoms with E-state index in [1.54, 1.807) is 49.6 Å². The molecular weight excluding hydrogens is 669 g/mol. The molecule has 0 bridgehead atoms. The Morgan fingerprint density at radius 3 is 2.41 bits per heavy atom. The van der Waals surface area contributed by atoms with Crippen molar-refractivity contribution >= 4 is 42.6 Å². The van der Waals surface area contributed by atoms with Crippen LogP contribution in [0.25, 0.3) is 10.9 Å². The normalized spacial score (nSPS) is 20.0. The van der Waals surface area contributed by atoms with Crippen molar-refractivity contribution in [3.05, 3.63) is 66.4 Å². The first-order valence-electron chi connectivity index (χ1n) is 16.4. The van der Waals surface area contributed by atoms with Crippen molar-refractivity contribution in [3.63, 3.8) is 0 Å².